The number of sulfonamides is 1. The van der Waals surface area contributed by atoms with E-state index in [0.717, 1.165) is 5.56 Å². The third-order valence-corrected chi connectivity index (χ3v) is 5.67. The van der Waals surface area contributed by atoms with E-state index in [9.17, 15) is 13.2 Å². The fourth-order valence-electron chi connectivity index (χ4n) is 2.54. The summed E-state index contributed by atoms with van der Waals surface area (Å²) in [6.45, 7) is 7.76. The van der Waals surface area contributed by atoms with Crippen LogP contribution in [-0.2, 0) is 14.8 Å². The molecule has 1 aromatic carbocycles. The van der Waals surface area contributed by atoms with Gasteiger partial charge in [0.2, 0.25) is 15.9 Å². The Hall–Kier alpha value is -1.15. The van der Waals surface area contributed by atoms with E-state index in [1.807, 2.05) is 26.0 Å². The number of carbonyl (C=O) groups is 1. The Morgan fingerprint density at radius 2 is 1.75 bits per heavy atom. The van der Waals surface area contributed by atoms with Crippen molar-refractivity contribution in [2.24, 2.45) is 5.73 Å². The molecule has 1 amide bonds. The summed E-state index contributed by atoms with van der Waals surface area (Å²) in [7, 11) is -1.96. The summed E-state index contributed by atoms with van der Waals surface area (Å²) in [6, 6.07) is 3.60. The zero-order valence-corrected chi connectivity index (χ0v) is 16.6. The van der Waals surface area contributed by atoms with Crippen LogP contribution in [0.25, 0.3) is 0 Å². The molecule has 0 aliphatic rings. The fraction of sp³-hybridized carbons (Fsp3) is 0.562. The monoisotopic (exact) mass is 377 g/mol. The molecule has 0 aliphatic heterocycles. The van der Waals surface area contributed by atoms with Gasteiger partial charge in [-0.05, 0) is 38.8 Å². The van der Waals surface area contributed by atoms with Gasteiger partial charge in [-0.1, -0.05) is 17.7 Å². The molecular formula is C16H28ClN3O3S. The Morgan fingerprint density at radius 3 is 2.21 bits per heavy atom. The van der Waals surface area contributed by atoms with Gasteiger partial charge in [-0.2, -0.15) is 0 Å². The van der Waals surface area contributed by atoms with Gasteiger partial charge < -0.3 is 10.6 Å². The highest BCUT2D eigenvalue weighted by Crippen LogP contribution is 2.21. The molecule has 0 saturated carbocycles. The Balaban J connectivity index is 0.00000529. The van der Waals surface area contributed by atoms with Crippen molar-refractivity contribution in [2.45, 2.75) is 45.1 Å². The van der Waals surface area contributed by atoms with Gasteiger partial charge in [0.05, 0.1) is 4.90 Å². The van der Waals surface area contributed by atoms with E-state index in [1.165, 1.54) is 4.90 Å². The molecule has 138 valence electrons. The second kappa shape index (κ2) is 9.36. The second-order valence-corrected chi connectivity index (χ2v) is 7.67. The summed E-state index contributed by atoms with van der Waals surface area (Å²) in [6.07, 6.45) is 0.101. The van der Waals surface area contributed by atoms with Crippen LogP contribution in [0.5, 0.6) is 0 Å². The lowest BCUT2D eigenvalue weighted by molar-refractivity contribution is -0.131. The number of rotatable bonds is 7. The molecule has 3 N–H and O–H groups in total. The molecular weight excluding hydrogens is 350 g/mol. The molecule has 1 rings (SSSR count). The first kappa shape index (κ1) is 22.9. The third-order valence-electron chi connectivity index (χ3n) is 3.90. The number of halogens is 1. The highest BCUT2D eigenvalue weighted by atomic mass is 35.5. The van der Waals surface area contributed by atoms with Crippen molar-refractivity contribution in [3.05, 3.63) is 28.8 Å². The van der Waals surface area contributed by atoms with E-state index < -0.39 is 10.0 Å². The van der Waals surface area contributed by atoms with Gasteiger partial charge in [0.1, 0.15) is 0 Å². The third kappa shape index (κ3) is 5.73. The van der Waals surface area contributed by atoms with Gasteiger partial charge >= 0.3 is 0 Å². The summed E-state index contributed by atoms with van der Waals surface area (Å²) in [5.41, 5.74) is 7.95. The summed E-state index contributed by atoms with van der Waals surface area (Å²) < 4.78 is 27.5. The maximum atomic E-state index is 12.5. The number of carbonyl (C=O) groups excluding carboxylic acids is 1. The minimum Gasteiger partial charge on any atom is -0.342 e. The zero-order chi connectivity index (χ0) is 17.8. The standard InChI is InChI=1S/C16H27N3O3S.ClH/c1-11-8-12(2)16(13(3)9-11)23(21,22)18-7-6-15(20)19(5)14(4)10-17;/h8-9,14,18H,6-7,10,17H2,1-5H3;1H. The van der Waals surface area contributed by atoms with E-state index in [0.29, 0.717) is 22.6 Å². The van der Waals surface area contributed by atoms with E-state index in [1.54, 1.807) is 20.9 Å². The number of aryl methyl sites for hydroxylation is 3. The number of nitrogens with zero attached hydrogens (tertiary/aromatic N) is 1. The van der Waals surface area contributed by atoms with Crippen LogP contribution in [0.4, 0.5) is 0 Å². The molecule has 0 saturated heterocycles. The highest BCUT2D eigenvalue weighted by Gasteiger charge is 2.21. The molecule has 1 aromatic rings. The first-order valence-electron chi connectivity index (χ1n) is 7.63. The van der Waals surface area contributed by atoms with Crippen LogP contribution in [0.15, 0.2) is 17.0 Å². The first-order chi connectivity index (χ1) is 10.6. The lowest BCUT2D eigenvalue weighted by atomic mass is 10.1. The van der Waals surface area contributed by atoms with Crippen LogP contribution >= 0.6 is 12.4 Å². The van der Waals surface area contributed by atoms with Gasteiger partial charge in [-0.25, -0.2) is 13.1 Å². The number of hydrogen-bond donors (Lipinski definition) is 2. The topological polar surface area (TPSA) is 92.5 Å². The summed E-state index contributed by atoms with van der Waals surface area (Å²) in [5.74, 6) is -0.136. The van der Waals surface area contributed by atoms with Crippen LogP contribution in [-0.4, -0.2) is 45.4 Å². The predicted molar refractivity (Wildman–Crippen MR) is 99.0 cm³/mol. The van der Waals surface area contributed by atoms with Crippen molar-refractivity contribution in [3.63, 3.8) is 0 Å². The van der Waals surface area contributed by atoms with Gasteiger partial charge in [-0.15, -0.1) is 12.4 Å². The van der Waals surface area contributed by atoms with Gasteiger partial charge in [0.25, 0.3) is 0 Å². The number of benzene rings is 1. The van der Waals surface area contributed by atoms with Gasteiger partial charge in [0, 0.05) is 32.6 Å². The molecule has 1 atom stereocenters. The predicted octanol–water partition coefficient (Wildman–Crippen LogP) is 1.51. The van der Waals surface area contributed by atoms with Crippen molar-refractivity contribution < 1.29 is 13.2 Å². The lowest BCUT2D eigenvalue weighted by Crippen LogP contribution is -2.41. The van der Waals surface area contributed by atoms with E-state index >= 15 is 0 Å². The van der Waals surface area contributed by atoms with E-state index in [2.05, 4.69) is 4.72 Å². The molecule has 0 radical (unpaired) electrons. The molecule has 0 aromatic heterocycles. The maximum absolute atomic E-state index is 12.5. The largest absolute Gasteiger partial charge is 0.342 e. The van der Waals surface area contributed by atoms with E-state index in [-0.39, 0.29) is 37.3 Å². The van der Waals surface area contributed by atoms with Crippen LogP contribution in [0.1, 0.15) is 30.0 Å². The molecule has 0 fully saturated rings. The Kier molecular flexibility index (Phi) is 8.91. The van der Waals surface area contributed by atoms with Gasteiger partial charge in [-0.3, -0.25) is 4.79 Å². The first-order valence-corrected chi connectivity index (χ1v) is 9.11. The number of amides is 1. The quantitative estimate of drug-likeness (QED) is 0.753. The van der Waals surface area contributed by atoms with Crippen LogP contribution < -0.4 is 10.5 Å². The molecule has 0 heterocycles. The van der Waals surface area contributed by atoms with Crippen molar-refractivity contribution in [2.75, 3.05) is 20.1 Å². The number of nitrogens with one attached hydrogen (secondary N) is 1. The number of nitrogens with two attached hydrogens (primary N) is 1. The minimum absolute atomic E-state index is 0. The van der Waals surface area contributed by atoms with E-state index in [4.69, 9.17) is 5.73 Å². The summed E-state index contributed by atoms with van der Waals surface area (Å²) in [5, 5.41) is 0. The van der Waals surface area contributed by atoms with Crippen molar-refractivity contribution in [3.8, 4) is 0 Å². The number of likely N-dealkylation sites (N-methyl/N-ethyl adjacent to an activating group) is 1. The zero-order valence-electron chi connectivity index (χ0n) is 14.9. The fourth-order valence-corrected chi connectivity index (χ4v) is 4.02. The minimum atomic E-state index is -3.63. The molecule has 0 spiro atoms. The molecule has 6 nitrogen and oxygen atoms in total. The Labute approximate surface area is 151 Å². The summed E-state index contributed by atoms with van der Waals surface area (Å²) in [4.78, 5) is 13.8. The SMILES string of the molecule is Cc1cc(C)c(S(=O)(=O)NCCC(=O)N(C)C(C)CN)c(C)c1.Cl. The second-order valence-electron chi connectivity index (χ2n) is 5.96. The van der Waals surface area contributed by atoms with Crippen molar-refractivity contribution in [1.82, 2.24) is 9.62 Å². The average Bonchev–Trinajstić information content (AvgIpc) is 2.43. The Bertz CT molecular complexity index is 654. The highest BCUT2D eigenvalue weighted by molar-refractivity contribution is 7.89. The van der Waals surface area contributed by atoms with Crippen LogP contribution in [0.3, 0.4) is 0 Å². The van der Waals surface area contributed by atoms with Crippen LogP contribution in [0.2, 0.25) is 0 Å². The normalized spacial score (nSPS) is 12.4. The smallest absolute Gasteiger partial charge is 0.241 e. The number of hydrogen-bond acceptors (Lipinski definition) is 4. The molecule has 8 heteroatoms. The van der Waals surface area contributed by atoms with Gasteiger partial charge in [0.15, 0.2) is 0 Å². The van der Waals surface area contributed by atoms with Crippen LogP contribution in [0, 0.1) is 20.8 Å². The molecule has 0 bridgehead atoms. The average molecular weight is 378 g/mol. The molecule has 24 heavy (non-hydrogen) atoms. The lowest BCUT2D eigenvalue weighted by Gasteiger charge is -2.23. The molecule has 1 unspecified atom stereocenters. The molecule has 0 aliphatic carbocycles. The maximum Gasteiger partial charge on any atom is 0.241 e. The Morgan fingerprint density at radius 1 is 1.25 bits per heavy atom. The van der Waals surface area contributed by atoms with Crippen molar-refractivity contribution >= 4 is 28.3 Å². The van der Waals surface area contributed by atoms with Crippen molar-refractivity contribution in [1.29, 1.82) is 0 Å². The summed E-state index contributed by atoms with van der Waals surface area (Å²) >= 11 is 0.